The number of carbonyl (C=O) groups excluding carboxylic acids is 1. The van der Waals surface area contributed by atoms with E-state index < -0.39 is 12.1 Å². The van der Waals surface area contributed by atoms with Gasteiger partial charge in [0.15, 0.2) is 5.82 Å². The molecule has 0 saturated heterocycles. The van der Waals surface area contributed by atoms with Crippen molar-refractivity contribution in [1.29, 1.82) is 0 Å². The molecule has 2 aromatic rings. The minimum atomic E-state index is -0.899. The molecule has 0 spiro atoms. The Morgan fingerprint density at radius 2 is 2.15 bits per heavy atom. The molecular formula is C13H10ClFN4O. The SMILES string of the molecule is CN1C(=O)C(Nc2nc(F)ncc2Cl)c2ccccc21. The number of nitrogens with zero attached hydrogens (tertiary/aromatic N) is 3. The van der Waals surface area contributed by atoms with Gasteiger partial charge in [0.2, 0.25) is 0 Å². The zero-order chi connectivity index (χ0) is 14.3. The van der Waals surface area contributed by atoms with E-state index in [0.29, 0.717) is 0 Å². The number of likely N-dealkylation sites (N-methyl/N-ethyl adjacent to an activating group) is 1. The van der Waals surface area contributed by atoms with Crippen molar-refractivity contribution in [2.45, 2.75) is 6.04 Å². The highest BCUT2D eigenvalue weighted by molar-refractivity contribution is 6.32. The summed E-state index contributed by atoms with van der Waals surface area (Å²) in [6, 6.07) is 6.73. The molecule has 0 bridgehead atoms. The number of aromatic nitrogens is 2. The fourth-order valence-corrected chi connectivity index (χ4v) is 2.35. The fraction of sp³-hybridized carbons (Fsp3) is 0.154. The Hall–Kier alpha value is -2.21. The largest absolute Gasteiger partial charge is 0.353 e. The smallest absolute Gasteiger partial charge is 0.310 e. The van der Waals surface area contributed by atoms with Crippen LogP contribution in [0.25, 0.3) is 0 Å². The van der Waals surface area contributed by atoms with E-state index >= 15 is 0 Å². The normalized spacial score (nSPS) is 17.2. The molecule has 102 valence electrons. The predicted octanol–water partition coefficient (Wildman–Crippen LogP) is 2.40. The number of benzene rings is 1. The summed E-state index contributed by atoms with van der Waals surface area (Å²) in [6.07, 6.45) is 0.255. The number of anilines is 2. The first-order chi connectivity index (χ1) is 9.58. The van der Waals surface area contributed by atoms with Gasteiger partial charge in [-0.05, 0) is 6.07 Å². The molecule has 7 heteroatoms. The standard InChI is InChI=1S/C13H10ClFN4O/c1-19-9-5-3-2-4-7(9)10(12(19)20)17-11-8(14)6-16-13(15)18-11/h2-6,10H,1H3,(H,16,17,18). The van der Waals surface area contributed by atoms with E-state index in [-0.39, 0.29) is 16.7 Å². The van der Waals surface area contributed by atoms with Crippen LogP contribution in [0.4, 0.5) is 15.9 Å². The van der Waals surface area contributed by atoms with Crippen molar-refractivity contribution in [2.24, 2.45) is 0 Å². The maximum atomic E-state index is 13.1. The first-order valence-electron chi connectivity index (χ1n) is 5.89. The third kappa shape index (κ3) is 1.98. The van der Waals surface area contributed by atoms with Gasteiger partial charge in [0.1, 0.15) is 11.1 Å². The molecule has 1 aliphatic heterocycles. The van der Waals surface area contributed by atoms with Crippen LogP contribution in [0.15, 0.2) is 30.5 Å². The van der Waals surface area contributed by atoms with Crippen molar-refractivity contribution in [3.63, 3.8) is 0 Å². The van der Waals surface area contributed by atoms with Crippen LogP contribution in [-0.2, 0) is 4.79 Å². The number of nitrogens with one attached hydrogen (secondary N) is 1. The molecule has 0 radical (unpaired) electrons. The molecule has 3 rings (SSSR count). The van der Waals surface area contributed by atoms with E-state index in [1.165, 1.54) is 0 Å². The van der Waals surface area contributed by atoms with Gasteiger partial charge in [0, 0.05) is 18.3 Å². The Morgan fingerprint density at radius 3 is 2.95 bits per heavy atom. The van der Waals surface area contributed by atoms with E-state index in [2.05, 4.69) is 15.3 Å². The lowest BCUT2D eigenvalue weighted by molar-refractivity contribution is -0.118. The van der Waals surface area contributed by atoms with Crippen molar-refractivity contribution < 1.29 is 9.18 Å². The van der Waals surface area contributed by atoms with Crippen LogP contribution in [0, 0.1) is 6.08 Å². The van der Waals surface area contributed by atoms with Crippen molar-refractivity contribution in [3.05, 3.63) is 47.1 Å². The third-order valence-corrected chi connectivity index (χ3v) is 3.46. The molecule has 1 N–H and O–H groups in total. The summed E-state index contributed by atoms with van der Waals surface area (Å²) in [7, 11) is 1.69. The van der Waals surface area contributed by atoms with Crippen LogP contribution in [0.3, 0.4) is 0 Å². The summed E-state index contributed by atoms with van der Waals surface area (Å²) in [6.45, 7) is 0. The summed E-state index contributed by atoms with van der Waals surface area (Å²) >= 11 is 5.91. The molecule has 2 heterocycles. The molecule has 1 aromatic heterocycles. The maximum absolute atomic E-state index is 13.1. The first kappa shape index (κ1) is 12.8. The second kappa shape index (κ2) is 4.72. The number of amides is 1. The van der Waals surface area contributed by atoms with Crippen LogP contribution in [0.2, 0.25) is 5.02 Å². The van der Waals surface area contributed by atoms with Crippen molar-refractivity contribution in [3.8, 4) is 0 Å². The van der Waals surface area contributed by atoms with Gasteiger partial charge in [-0.2, -0.15) is 9.37 Å². The van der Waals surface area contributed by atoms with Gasteiger partial charge in [0.05, 0.1) is 6.20 Å². The molecule has 1 unspecified atom stereocenters. The Morgan fingerprint density at radius 1 is 1.40 bits per heavy atom. The van der Waals surface area contributed by atoms with E-state index in [0.717, 1.165) is 17.4 Å². The Bertz CT molecular complexity index is 694. The molecule has 0 aliphatic carbocycles. The van der Waals surface area contributed by atoms with Crippen LogP contribution in [-0.4, -0.2) is 22.9 Å². The van der Waals surface area contributed by atoms with Crippen LogP contribution in [0.1, 0.15) is 11.6 Å². The van der Waals surface area contributed by atoms with Crippen LogP contribution < -0.4 is 10.2 Å². The fourth-order valence-electron chi connectivity index (χ4n) is 2.21. The lowest BCUT2D eigenvalue weighted by atomic mass is 10.1. The van der Waals surface area contributed by atoms with Gasteiger partial charge in [0.25, 0.3) is 5.91 Å². The number of carbonyl (C=O) groups is 1. The Kier molecular flexibility index (Phi) is 3.02. The minimum Gasteiger partial charge on any atom is -0.353 e. The van der Waals surface area contributed by atoms with Crippen molar-refractivity contribution >= 4 is 29.0 Å². The van der Waals surface area contributed by atoms with Gasteiger partial charge >= 0.3 is 6.08 Å². The minimum absolute atomic E-state index is 0.0996. The number of fused-ring (bicyclic) bond motifs is 1. The topological polar surface area (TPSA) is 58.1 Å². The van der Waals surface area contributed by atoms with Gasteiger partial charge < -0.3 is 10.2 Å². The van der Waals surface area contributed by atoms with Crippen LogP contribution >= 0.6 is 11.6 Å². The maximum Gasteiger partial charge on any atom is 0.310 e. The average Bonchev–Trinajstić information content (AvgIpc) is 2.68. The molecule has 1 aliphatic rings. The molecule has 20 heavy (non-hydrogen) atoms. The van der Waals surface area contributed by atoms with E-state index in [1.54, 1.807) is 11.9 Å². The van der Waals surface area contributed by atoms with E-state index in [1.807, 2.05) is 24.3 Å². The highest BCUT2D eigenvalue weighted by atomic mass is 35.5. The number of hydrogen-bond acceptors (Lipinski definition) is 4. The first-order valence-corrected chi connectivity index (χ1v) is 6.27. The molecule has 5 nitrogen and oxygen atoms in total. The molecule has 0 fully saturated rings. The summed E-state index contributed by atoms with van der Waals surface area (Å²) in [4.78, 5) is 20.7. The molecule has 1 atom stereocenters. The lowest BCUT2D eigenvalue weighted by Gasteiger charge is -2.14. The highest BCUT2D eigenvalue weighted by Gasteiger charge is 2.35. The molecule has 1 amide bonds. The third-order valence-electron chi connectivity index (χ3n) is 3.18. The molecule has 1 aromatic carbocycles. The van der Waals surface area contributed by atoms with Gasteiger partial charge in [-0.15, -0.1) is 0 Å². The number of rotatable bonds is 2. The lowest BCUT2D eigenvalue weighted by Crippen LogP contribution is -2.28. The van der Waals surface area contributed by atoms with Gasteiger partial charge in [-0.3, -0.25) is 4.79 Å². The average molecular weight is 293 g/mol. The van der Waals surface area contributed by atoms with Gasteiger partial charge in [-0.25, -0.2) is 4.98 Å². The zero-order valence-electron chi connectivity index (χ0n) is 10.5. The monoisotopic (exact) mass is 292 g/mol. The van der Waals surface area contributed by atoms with Crippen molar-refractivity contribution in [1.82, 2.24) is 9.97 Å². The van der Waals surface area contributed by atoms with Crippen molar-refractivity contribution in [2.75, 3.05) is 17.3 Å². The Labute approximate surface area is 119 Å². The quantitative estimate of drug-likeness (QED) is 0.864. The van der Waals surface area contributed by atoms with E-state index in [4.69, 9.17) is 11.6 Å². The molecular weight excluding hydrogens is 283 g/mol. The zero-order valence-corrected chi connectivity index (χ0v) is 11.2. The van der Waals surface area contributed by atoms with Crippen LogP contribution in [0.5, 0.6) is 0 Å². The number of para-hydroxylation sites is 1. The summed E-state index contributed by atoms with van der Waals surface area (Å²) in [5, 5.41) is 3.03. The second-order valence-electron chi connectivity index (χ2n) is 4.37. The van der Waals surface area contributed by atoms with E-state index in [9.17, 15) is 9.18 Å². The summed E-state index contributed by atoms with van der Waals surface area (Å²) in [5.74, 6) is -0.0519. The van der Waals surface area contributed by atoms with Gasteiger partial charge in [-0.1, -0.05) is 29.8 Å². The molecule has 0 saturated carbocycles. The summed E-state index contributed by atoms with van der Waals surface area (Å²) in [5.41, 5.74) is 1.61. The summed E-state index contributed by atoms with van der Waals surface area (Å²) < 4.78 is 13.1. The number of halogens is 2. The highest BCUT2D eigenvalue weighted by Crippen LogP contribution is 2.37. The predicted molar refractivity (Wildman–Crippen MR) is 73.2 cm³/mol. The number of hydrogen-bond donors (Lipinski definition) is 1. The Balaban J connectivity index is 1.99. The second-order valence-corrected chi connectivity index (χ2v) is 4.78.